The number of nitrogens with one attached hydrogen (secondary N) is 1. The highest BCUT2D eigenvalue weighted by atomic mass is 32.1. The highest BCUT2D eigenvalue weighted by molar-refractivity contribution is 7.59. The molecule has 1 saturated carbocycles. The van der Waals surface area contributed by atoms with Gasteiger partial charge in [0.2, 0.25) is 5.91 Å². The van der Waals surface area contributed by atoms with E-state index in [0.29, 0.717) is 35.0 Å². The number of carbonyl (C=O) groups is 2. The predicted molar refractivity (Wildman–Crippen MR) is 151 cm³/mol. The van der Waals surface area contributed by atoms with Gasteiger partial charge in [-0.2, -0.15) is 13.5 Å². The molecule has 3 atom stereocenters. The molecule has 0 aliphatic heterocycles. The third-order valence-electron chi connectivity index (χ3n) is 7.71. The van der Waals surface area contributed by atoms with Crippen molar-refractivity contribution in [3.8, 4) is 0 Å². The summed E-state index contributed by atoms with van der Waals surface area (Å²) in [5.74, 6) is 0.436. The van der Waals surface area contributed by atoms with Crippen LogP contribution in [0.25, 0.3) is 11.0 Å². The molecule has 3 rings (SSSR count). The topological polar surface area (TPSA) is 102 Å². The van der Waals surface area contributed by atoms with Gasteiger partial charge in [0, 0.05) is 32.1 Å². The van der Waals surface area contributed by atoms with Gasteiger partial charge < -0.3 is 16.0 Å². The molecule has 9 heteroatoms. The van der Waals surface area contributed by atoms with E-state index >= 15 is 0 Å². The minimum absolute atomic E-state index is 0. The van der Waals surface area contributed by atoms with Gasteiger partial charge in [-0.25, -0.2) is 9.36 Å². The Kier molecular flexibility index (Phi) is 11.3. The van der Waals surface area contributed by atoms with Gasteiger partial charge in [-0.1, -0.05) is 47.1 Å². The number of carbonyl (C=O) groups excluding carboxylic acids is 2. The molecular weight excluding hydrogens is 474 g/mol. The van der Waals surface area contributed by atoms with Crippen molar-refractivity contribution in [2.45, 2.75) is 60.4 Å². The molecule has 8 nitrogen and oxygen atoms in total. The number of hydrogen-bond donors (Lipinski definition) is 2. The first-order chi connectivity index (χ1) is 16.7. The molecule has 1 fully saturated rings. The molecule has 1 heterocycles. The molecule has 1 amide bonds. The molecule has 0 radical (unpaired) electrons. The lowest BCUT2D eigenvalue weighted by molar-refractivity contribution is 0.0633. The Morgan fingerprint density at radius 2 is 1.89 bits per heavy atom. The molecule has 2 aromatic rings. The lowest BCUT2D eigenvalue weighted by Gasteiger charge is -2.36. The number of benzene rings is 1. The van der Waals surface area contributed by atoms with Gasteiger partial charge in [-0.15, -0.1) is 0 Å². The smallest absolute Gasteiger partial charge is 0.336 e. The normalized spacial score (nSPS) is 20.1. The number of rotatable bonds is 10. The minimum atomic E-state index is -0.403. The summed E-state index contributed by atoms with van der Waals surface area (Å²) >= 11 is 0. The molecule has 0 bridgehead atoms. The zero-order chi connectivity index (χ0) is 25.7. The molecule has 3 N–H and O–H groups in total. The van der Waals surface area contributed by atoms with Crippen LogP contribution in [-0.2, 0) is 6.54 Å². The van der Waals surface area contributed by atoms with Crippen molar-refractivity contribution in [1.29, 1.82) is 0 Å². The zero-order valence-electron chi connectivity index (χ0n) is 22.5. The van der Waals surface area contributed by atoms with Crippen LogP contribution >= 0.6 is 13.5 Å². The minimum Gasteiger partial charge on any atom is -0.351 e. The summed E-state index contributed by atoms with van der Waals surface area (Å²) < 4.78 is 2.82. The van der Waals surface area contributed by atoms with Gasteiger partial charge in [0.15, 0.2) is 0 Å². The van der Waals surface area contributed by atoms with Crippen LogP contribution in [0.3, 0.4) is 0 Å². The molecule has 1 aromatic carbocycles. The van der Waals surface area contributed by atoms with E-state index in [1.54, 1.807) is 18.2 Å². The fourth-order valence-electron chi connectivity index (χ4n) is 5.66. The second kappa shape index (κ2) is 13.4. The van der Waals surface area contributed by atoms with Gasteiger partial charge in [0.05, 0.1) is 16.6 Å². The highest BCUT2D eigenvalue weighted by Crippen LogP contribution is 2.39. The fourth-order valence-corrected chi connectivity index (χ4v) is 5.66. The monoisotopic (exact) mass is 519 g/mol. The van der Waals surface area contributed by atoms with Crippen LogP contribution < -0.4 is 16.7 Å². The van der Waals surface area contributed by atoms with E-state index in [4.69, 9.17) is 5.73 Å². The number of nitrogens with two attached hydrogens (primary N) is 1. The molecule has 1 aromatic heterocycles. The summed E-state index contributed by atoms with van der Waals surface area (Å²) in [6.07, 6.45) is 2.88. The maximum Gasteiger partial charge on any atom is 0.336 e. The summed E-state index contributed by atoms with van der Waals surface area (Å²) in [5, 5.41) is 2.99. The summed E-state index contributed by atoms with van der Waals surface area (Å²) in [5.41, 5.74) is 6.81. The van der Waals surface area contributed by atoms with Crippen LogP contribution in [0.4, 0.5) is 0 Å². The molecule has 36 heavy (non-hydrogen) atoms. The Labute approximate surface area is 222 Å². The molecule has 1 aliphatic carbocycles. The van der Waals surface area contributed by atoms with E-state index in [9.17, 15) is 14.4 Å². The largest absolute Gasteiger partial charge is 0.351 e. The summed E-state index contributed by atoms with van der Waals surface area (Å²) in [4.78, 5) is 42.9. The van der Waals surface area contributed by atoms with Gasteiger partial charge in [0.25, 0.3) is 5.91 Å². The fraction of sp³-hybridized carbons (Fsp3) is 0.667. The van der Waals surface area contributed by atoms with Crippen molar-refractivity contribution in [3.05, 3.63) is 34.2 Å². The second-order valence-electron chi connectivity index (χ2n) is 10.3. The Hall–Kier alpha value is -2.10. The lowest BCUT2D eigenvalue weighted by atomic mass is 9.69. The summed E-state index contributed by atoms with van der Waals surface area (Å²) in [6, 6.07) is 5.24. The Balaban J connectivity index is 0.00000456. The first-order valence-corrected chi connectivity index (χ1v) is 13.2. The molecule has 0 spiro atoms. The van der Waals surface area contributed by atoms with E-state index in [1.165, 1.54) is 9.13 Å². The van der Waals surface area contributed by atoms with Gasteiger partial charge in [-0.3, -0.25) is 14.2 Å². The number of nitrogens with zero attached hydrogens (tertiary/aromatic N) is 3. The lowest BCUT2D eigenvalue weighted by Crippen LogP contribution is -2.40. The van der Waals surface area contributed by atoms with Gasteiger partial charge >= 0.3 is 5.69 Å². The summed E-state index contributed by atoms with van der Waals surface area (Å²) in [6.45, 7) is 14.2. The number of para-hydroxylation sites is 1. The standard InChI is InChI=1S/C27H43N5O3.H2S/c1-6-30(7-2)16-14-29-25(33)21-9-8-10-23-24(21)31(15-13-28)27(35)32(23)26(34)22-17-19(5)11-12-20(22)18(3)4;/h8-10,18-20,22H,6-7,11-17,28H2,1-5H3,(H,29,33);1H2/t19-,20+,22-;/m1./s1. The SMILES string of the molecule is CCN(CC)CCNC(=O)c1cccc2c1n(CCN)c(=O)n2C(=O)[C@@H]1C[C@H](C)CC[C@H]1C(C)C.S. The third-order valence-corrected chi connectivity index (χ3v) is 7.71. The van der Waals surface area contributed by atoms with Crippen molar-refractivity contribution in [2.24, 2.45) is 29.4 Å². The number of amides is 1. The van der Waals surface area contributed by atoms with Crippen LogP contribution in [0.1, 0.15) is 69.0 Å². The average Bonchev–Trinajstić information content (AvgIpc) is 3.12. The van der Waals surface area contributed by atoms with E-state index < -0.39 is 5.69 Å². The third kappa shape index (κ3) is 6.23. The maximum absolute atomic E-state index is 13.9. The number of fused-ring (bicyclic) bond motifs is 1. The number of imidazole rings is 1. The predicted octanol–water partition coefficient (Wildman–Crippen LogP) is 3.29. The Morgan fingerprint density at radius 3 is 2.50 bits per heavy atom. The van der Waals surface area contributed by atoms with Crippen molar-refractivity contribution in [3.63, 3.8) is 0 Å². The first-order valence-electron chi connectivity index (χ1n) is 13.2. The maximum atomic E-state index is 13.9. The molecule has 0 saturated heterocycles. The van der Waals surface area contributed by atoms with E-state index in [-0.39, 0.29) is 50.2 Å². The number of hydrogen-bond acceptors (Lipinski definition) is 5. The van der Waals surface area contributed by atoms with Crippen LogP contribution in [0.2, 0.25) is 0 Å². The van der Waals surface area contributed by atoms with Crippen molar-refractivity contribution < 1.29 is 9.59 Å². The highest BCUT2D eigenvalue weighted by Gasteiger charge is 2.38. The first kappa shape index (κ1) is 30.1. The zero-order valence-corrected chi connectivity index (χ0v) is 23.5. The molecule has 202 valence electrons. The Bertz CT molecular complexity index is 1090. The summed E-state index contributed by atoms with van der Waals surface area (Å²) in [7, 11) is 0. The number of likely N-dealkylation sites (N-methyl/N-ethyl adjacent to an activating group) is 1. The van der Waals surface area contributed by atoms with Crippen molar-refractivity contribution in [1.82, 2.24) is 19.4 Å². The average molecular weight is 520 g/mol. The van der Waals surface area contributed by atoms with Crippen LogP contribution in [0.5, 0.6) is 0 Å². The number of aromatic nitrogens is 2. The molecule has 0 unspecified atom stereocenters. The molecule has 1 aliphatic rings. The van der Waals surface area contributed by atoms with E-state index in [0.717, 1.165) is 38.9 Å². The molecular formula is C27H45N5O3S. The van der Waals surface area contributed by atoms with Crippen molar-refractivity contribution in [2.75, 3.05) is 32.7 Å². The van der Waals surface area contributed by atoms with Crippen LogP contribution in [0, 0.1) is 23.7 Å². The van der Waals surface area contributed by atoms with Gasteiger partial charge in [-0.05, 0) is 55.8 Å². The van der Waals surface area contributed by atoms with Crippen LogP contribution in [0.15, 0.2) is 23.0 Å². The van der Waals surface area contributed by atoms with E-state index in [2.05, 4.69) is 44.8 Å². The van der Waals surface area contributed by atoms with E-state index in [1.807, 2.05) is 0 Å². The Morgan fingerprint density at radius 1 is 1.19 bits per heavy atom. The second-order valence-corrected chi connectivity index (χ2v) is 10.3. The van der Waals surface area contributed by atoms with Gasteiger partial charge in [0.1, 0.15) is 0 Å². The quantitative estimate of drug-likeness (QED) is 0.502. The van der Waals surface area contributed by atoms with Crippen LogP contribution in [-0.4, -0.2) is 58.6 Å². The van der Waals surface area contributed by atoms with Crippen molar-refractivity contribution >= 4 is 36.3 Å².